The number of nitrogen functional groups attached to an aromatic ring is 1. The lowest BCUT2D eigenvalue weighted by atomic mass is 9.85. The van der Waals surface area contributed by atoms with Crippen LogP contribution in [0.3, 0.4) is 0 Å². The Morgan fingerprint density at radius 1 is 1.35 bits per heavy atom. The fourth-order valence-corrected chi connectivity index (χ4v) is 4.83. The quantitative estimate of drug-likeness (QED) is 0.895. The summed E-state index contributed by atoms with van der Waals surface area (Å²) in [5.74, 6) is 0.841. The molecule has 1 aromatic rings. The summed E-state index contributed by atoms with van der Waals surface area (Å²) >= 11 is 1.64. The van der Waals surface area contributed by atoms with Gasteiger partial charge in [-0.25, -0.2) is 0 Å². The van der Waals surface area contributed by atoms with E-state index in [1.807, 2.05) is 0 Å². The average molecular weight is 292 g/mol. The van der Waals surface area contributed by atoms with Gasteiger partial charge in [0.15, 0.2) is 0 Å². The van der Waals surface area contributed by atoms with Gasteiger partial charge in [0.25, 0.3) is 5.91 Å². The fourth-order valence-electron chi connectivity index (χ4n) is 3.60. The maximum Gasteiger partial charge on any atom is 0.254 e. The largest absolute Gasteiger partial charge is 0.390 e. The van der Waals surface area contributed by atoms with E-state index in [1.165, 1.54) is 36.1 Å². The first-order chi connectivity index (χ1) is 9.69. The number of nitrogens with two attached hydrogens (primary N) is 1. The number of nitrogens with one attached hydrogen (secondary N) is 1. The van der Waals surface area contributed by atoms with Gasteiger partial charge in [0.05, 0.1) is 10.6 Å². The Bertz CT molecular complexity index is 503. The van der Waals surface area contributed by atoms with E-state index in [1.54, 1.807) is 11.3 Å². The molecule has 0 saturated heterocycles. The molecular weight excluding hydrogens is 268 g/mol. The smallest absolute Gasteiger partial charge is 0.254 e. The zero-order chi connectivity index (χ0) is 14.1. The third-order valence-electron chi connectivity index (χ3n) is 4.89. The molecule has 1 aromatic heterocycles. The van der Waals surface area contributed by atoms with Gasteiger partial charge >= 0.3 is 0 Å². The molecule has 3 rings (SSSR count). The molecule has 20 heavy (non-hydrogen) atoms. The van der Waals surface area contributed by atoms with Gasteiger partial charge in [-0.1, -0.05) is 26.2 Å². The van der Waals surface area contributed by atoms with Crippen molar-refractivity contribution in [2.45, 2.75) is 64.3 Å². The van der Waals surface area contributed by atoms with Crippen molar-refractivity contribution in [3.05, 3.63) is 16.0 Å². The molecule has 1 saturated carbocycles. The number of rotatable bonds is 3. The average Bonchev–Trinajstić information content (AvgIpc) is 3.03. The molecule has 1 heterocycles. The molecule has 3 nitrogen and oxygen atoms in total. The summed E-state index contributed by atoms with van der Waals surface area (Å²) in [6.07, 6.45) is 9.27. The zero-order valence-corrected chi connectivity index (χ0v) is 13.0. The highest BCUT2D eigenvalue weighted by Crippen LogP contribution is 2.39. The van der Waals surface area contributed by atoms with Gasteiger partial charge in [0.1, 0.15) is 0 Å². The summed E-state index contributed by atoms with van der Waals surface area (Å²) in [4.78, 5) is 13.9. The van der Waals surface area contributed by atoms with Gasteiger partial charge in [-0.15, -0.1) is 11.3 Å². The van der Waals surface area contributed by atoms with Crippen molar-refractivity contribution in [1.29, 1.82) is 0 Å². The zero-order valence-electron chi connectivity index (χ0n) is 12.2. The lowest BCUT2D eigenvalue weighted by Crippen LogP contribution is -2.33. The third kappa shape index (κ3) is 2.58. The van der Waals surface area contributed by atoms with E-state index in [9.17, 15) is 4.79 Å². The number of hydrogen-bond acceptors (Lipinski definition) is 3. The number of carbonyl (C=O) groups is 1. The van der Waals surface area contributed by atoms with Crippen LogP contribution < -0.4 is 11.1 Å². The Hall–Kier alpha value is -1.03. The van der Waals surface area contributed by atoms with Crippen LogP contribution in [-0.2, 0) is 12.8 Å². The van der Waals surface area contributed by atoms with Crippen molar-refractivity contribution in [2.75, 3.05) is 5.73 Å². The summed E-state index contributed by atoms with van der Waals surface area (Å²) < 4.78 is 0. The molecule has 4 heteroatoms. The van der Waals surface area contributed by atoms with Crippen LogP contribution in [-0.4, -0.2) is 11.9 Å². The van der Waals surface area contributed by atoms with Crippen LogP contribution in [0.2, 0.25) is 0 Å². The van der Waals surface area contributed by atoms with Crippen LogP contribution in [0.15, 0.2) is 0 Å². The SMILES string of the molecule is CC[C@@H]1CCc2c(sc(N)c2C(=O)NC2CCCC2)C1. The molecule has 3 N–H and O–H groups in total. The molecule has 2 aliphatic rings. The Labute approximate surface area is 124 Å². The van der Waals surface area contributed by atoms with E-state index in [2.05, 4.69) is 12.2 Å². The van der Waals surface area contributed by atoms with Crippen LogP contribution in [0.1, 0.15) is 66.2 Å². The van der Waals surface area contributed by atoms with Crippen molar-refractivity contribution in [2.24, 2.45) is 5.92 Å². The molecular formula is C16H24N2OS. The first-order valence-corrected chi connectivity index (χ1v) is 8.71. The van der Waals surface area contributed by atoms with Gasteiger partial charge in [-0.3, -0.25) is 4.79 Å². The van der Waals surface area contributed by atoms with Gasteiger partial charge in [-0.2, -0.15) is 0 Å². The maximum atomic E-state index is 12.5. The van der Waals surface area contributed by atoms with E-state index >= 15 is 0 Å². The number of anilines is 1. The second kappa shape index (κ2) is 5.76. The Morgan fingerprint density at radius 2 is 2.10 bits per heavy atom. The van der Waals surface area contributed by atoms with E-state index in [-0.39, 0.29) is 5.91 Å². The second-order valence-electron chi connectivity index (χ2n) is 6.21. The third-order valence-corrected chi connectivity index (χ3v) is 5.97. The standard InChI is InChI=1S/C16H24N2OS/c1-2-10-7-8-12-13(9-10)20-15(17)14(12)16(19)18-11-5-3-4-6-11/h10-11H,2-9,17H2,1H3,(H,18,19)/t10-/m1/s1. The van der Waals surface area contributed by atoms with E-state index in [0.717, 1.165) is 42.2 Å². The fraction of sp³-hybridized carbons (Fsp3) is 0.688. The minimum atomic E-state index is 0.0712. The molecule has 0 bridgehead atoms. The van der Waals surface area contributed by atoms with Crippen molar-refractivity contribution in [1.82, 2.24) is 5.32 Å². The number of hydrogen-bond donors (Lipinski definition) is 2. The molecule has 0 spiro atoms. The van der Waals surface area contributed by atoms with E-state index < -0.39 is 0 Å². The predicted octanol–water partition coefficient (Wildman–Crippen LogP) is 3.52. The highest BCUT2D eigenvalue weighted by Gasteiger charge is 2.28. The molecule has 1 amide bonds. The molecule has 2 aliphatic carbocycles. The minimum absolute atomic E-state index is 0.0712. The highest BCUT2D eigenvalue weighted by atomic mass is 32.1. The monoisotopic (exact) mass is 292 g/mol. The van der Waals surface area contributed by atoms with Crippen molar-refractivity contribution >= 4 is 22.2 Å². The van der Waals surface area contributed by atoms with Crippen LogP contribution in [0.5, 0.6) is 0 Å². The first kappa shape index (κ1) is 13.9. The van der Waals surface area contributed by atoms with Gasteiger partial charge in [0.2, 0.25) is 0 Å². The summed E-state index contributed by atoms with van der Waals surface area (Å²) in [5.41, 5.74) is 8.18. The lowest BCUT2D eigenvalue weighted by Gasteiger charge is -2.21. The Kier molecular flexibility index (Phi) is 4.01. The number of thiophene rings is 1. The highest BCUT2D eigenvalue weighted by molar-refractivity contribution is 7.16. The lowest BCUT2D eigenvalue weighted by molar-refractivity contribution is 0.0938. The van der Waals surface area contributed by atoms with Crippen LogP contribution in [0.25, 0.3) is 0 Å². The van der Waals surface area contributed by atoms with E-state index in [4.69, 9.17) is 5.73 Å². The van der Waals surface area contributed by atoms with E-state index in [0.29, 0.717) is 6.04 Å². The van der Waals surface area contributed by atoms with Gasteiger partial charge in [-0.05, 0) is 43.6 Å². The summed E-state index contributed by atoms with van der Waals surface area (Å²) in [5, 5.41) is 3.91. The first-order valence-electron chi connectivity index (χ1n) is 7.90. The van der Waals surface area contributed by atoms with Crippen molar-refractivity contribution < 1.29 is 4.79 Å². The molecule has 0 unspecified atom stereocenters. The number of amides is 1. The number of fused-ring (bicyclic) bond motifs is 1. The summed E-state index contributed by atoms with van der Waals surface area (Å²) in [7, 11) is 0. The normalized spacial score (nSPS) is 22.8. The van der Waals surface area contributed by atoms with Gasteiger partial charge in [0, 0.05) is 10.9 Å². The molecule has 1 fully saturated rings. The second-order valence-corrected chi connectivity index (χ2v) is 7.35. The van der Waals surface area contributed by atoms with Crippen LogP contribution >= 0.6 is 11.3 Å². The van der Waals surface area contributed by atoms with Gasteiger partial charge < -0.3 is 11.1 Å². The molecule has 0 radical (unpaired) electrons. The van der Waals surface area contributed by atoms with Crippen molar-refractivity contribution in [3.8, 4) is 0 Å². The number of carbonyl (C=O) groups excluding carboxylic acids is 1. The molecule has 110 valence electrons. The molecule has 0 aromatic carbocycles. The molecule has 0 aliphatic heterocycles. The minimum Gasteiger partial charge on any atom is -0.390 e. The molecule has 1 atom stereocenters. The predicted molar refractivity (Wildman–Crippen MR) is 84.3 cm³/mol. The maximum absolute atomic E-state index is 12.5. The topological polar surface area (TPSA) is 55.1 Å². The summed E-state index contributed by atoms with van der Waals surface area (Å²) in [6.45, 7) is 2.25. The van der Waals surface area contributed by atoms with Crippen LogP contribution in [0, 0.1) is 5.92 Å². The Morgan fingerprint density at radius 3 is 2.80 bits per heavy atom. The Balaban J connectivity index is 1.79. The van der Waals surface area contributed by atoms with Crippen LogP contribution in [0.4, 0.5) is 5.00 Å². The summed E-state index contributed by atoms with van der Waals surface area (Å²) in [6, 6.07) is 0.365. The van der Waals surface area contributed by atoms with Crippen molar-refractivity contribution in [3.63, 3.8) is 0 Å².